The van der Waals surface area contributed by atoms with E-state index in [1.165, 1.54) is 17.8 Å². The Hall–Kier alpha value is -1.83. The van der Waals surface area contributed by atoms with Crippen LogP contribution >= 0.6 is 11.8 Å². The van der Waals surface area contributed by atoms with E-state index in [0.29, 0.717) is 34.3 Å². The second-order valence-corrected chi connectivity index (χ2v) is 6.00. The van der Waals surface area contributed by atoms with E-state index in [-0.39, 0.29) is 5.41 Å². The molecule has 102 valence electrons. The molecule has 7 nitrogen and oxygen atoms in total. The van der Waals surface area contributed by atoms with Gasteiger partial charge in [-0.05, 0) is 0 Å². The molecule has 19 heavy (non-hydrogen) atoms. The van der Waals surface area contributed by atoms with Crippen LogP contribution in [0.1, 0.15) is 32.5 Å². The van der Waals surface area contributed by atoms with Crippen LogP contribution in [0.3, 0.4) is 0 Å². The van der Waals surface area contributed by atoms with Crippen molar-refractivity contribution in [2.45, 2.75) is 37.1 Å². The highest BCUT2D eigenvalue weighted by atomic mass is 32.2. The van der Waals surface area contributed by atoms with Crippen LogP contribution in [-0.4, -0.2) is 20.1 Å². The van der Waals surface area contributed by atoms with Crippen molar-refractivity contribution in [1.82, 2.24) is 20.1 Å². The number of nitrogens with two attached hydrogens (primary N) is 2. The third kappa shape index (κ3) is 3.57. The largest absolute Gasteiger partial charge is 0.383 e. The number of hydrogen-bond acceptors (Lipinski definition) is 8. The monoisotopic (exact) mass is 280 g/mol. The molecule has 0 aliphatic rings. The summed E-state index contributed by atoms with van der Waals surface area (Å²) < 4.78 is 5.20. The summed E-state index contributed by atoms with van der Waals surface area (Å²) in [4.78, 5) is 12.5. The van der Waals surface area contributed by atoms with Gasteiger partial charge >= 0.3 is 0 Å². The van der Waals surface area contributed by atoms with Crippen molar-refractivity contribution in [1.29, 1.82) is 0 Å². The molecule has 0 unspecified atom stereocenters. The van der Waals surface area contributed by atoms with Crippen molar-refractivity contribution < 1.29 is 4.52 Å². The lowest BCUT2D eigenvalue weighted by Gasteiger charge is -2.10. The molecule has 0 aromatic carbocycles. The number of nitrogens with zero attached hydrogens (tertiary/aromatic N) is 4. The van der Waals surface area contributed by atoms with Crippen LogP contribution in [0.5, 0.6) is 0 Å². The van der Waals surface area contributed by atoms with Crippen molar-refractivity contribution in [3.05, 3.63) is 17.8 Å². The molecule has 0 amide bonds. The van der Waals surface area contributed by atoms with Gasteiger partial charge in [-0.2, -0.15) is 4.98 Å². The summed E-state index contributed by atoms with van der Waals surface area (Å²) in [5, 5.41) is 4.42. The van der Waals surface area contributed by atoms with E-state index in [1.807, 2.05) is 20.8 Å². The first-order chi connectivity index (χ1) is 8.84. The van der Waals surface area contributed by atoms with Crippen LogP contribution in [0.2, 0.25) is 0 Å². The number of rotatable bonds is 3. The van der Waals surface area contributed by atoms with E-state index in [9.17, 15) is 0 Å². The maximum absolute atomic E-state index is 5.60. The van der Waals surface area contributed by atoms with Gasteiger partial charge in [0.1, 0.15) is 11.6 Å². The van der Waals surface area contributed by atoms with E-state index in [1.54, 1.807) is 0 Å². The summed E-state index contributed by atoms with van der Waals surface area (Å²) >= 11 is 1.36. The summed E-state index contributed by atoms with van der Waals surface area (Å²) in [6, 6.07) is 1.51. The number of anilines is 2. The van der Waals surface area contributed by atoms with Crippen molar-refractivity contribution in [3.8, 4) is 0 Å². The van der Waals surface area contributed by atoms with Crippen molar-refractivity contribution in [2.75, 3.05) is 11.5 Å². The Morgan fingerprint density at radius 3 is 2.32 bits per heavy atom. The average molecular weight is 280 g/mol. The van der Waals surface area contributed by atoms with Crippen LogP contribution in [0, 0.1) is 0 Å². The lowest BCUT2D eigenvalue weighted by Crippen LogP contribution is -2.11. The first-order valence-corrected chi connectivity index (χ1v) is 6.69. The molecular weight excluding hydrogens is 264 g/mol. The zero-order valence-corrected chi connectivity index (χ0v) is 11.9. The summed E-state index contributed by atoms with van der Waals surface area (Å²) in [5.41, 5.74) is 11.0. The molecule has 0 saturated carbocycles. The molecule has 2 rings (SSSR count). The van der Waals surface area contributed by atoms with Crippen LogP contribution in [-0.2, 0) is 11.2 Å². The molecule has 2 aromatic rings. The molecule has 2 aromatic heterocycles. The summed E-state index contributed by atoms with van der Waals surface area (Å²) in [6.45, 7) is 6.04. The predicted molar refractivity (Wildman–Crippen MR) is 73.4 cm³/mol. The van der Waals surface area contributed by atoms with Gasteiger partial charge in [-0.25, -0.2) is 9.97 Å². The zero-order valence-electron chi connectivity index (χ0n) is 11.0. The van der Waals surface area contributed by atoms with Gasteiger partial charge in [-0.1, -0.05) is 37.7 Å². The standard InChI is InChI=1S/C11H16N6OS/c1-11(2,3)9-16-8(17-18-9)5-19-10-14-6(12)4-7(13)15-10/h4H,5H2,1-3H3,(H4,12,13,14,15). The van der Waals surface area contributed by atoms with Gasteiger partial charge in [-0.15, -0.1) is 0 Å². The SMILES string of the molecule is CC(C)(C)c1nc(CSc2nc(N)cc(N)n2)no1. The fourth-order valence-corrected chi connectivity index (χ4v) is 1.99. The predicted octanol–water partition coefficient (Wildman–Crippen LogP) is 1.61. The van der Waals surface area contributed by atoms with E-state index >= 15 is 0 Å². The maximum atomic E-state index is 5.60. The molecule has 4 N–H and O–H groups in total. The van der Waals surface area contributed by atoms with E-state index in [2.05, 4.69) is 20.1 Å². The van der Waals surface area contributed by atoms with Gasteiger partial charge in [0.05, 0.1) is 5.75 Å². The third-order valence-electron chi connectivity index (χ3n) is 2.19. The fraction of sp³-hybridized carbons (Fsp3) is 0.455. The number of thioether (sulfide) groups is 1. The molecule has 0 fully saturated rings. The third-order valence-corrected chi connectivity index (χ3v) is 3.03. The Kier molecular flexibility index (Phi) is 3.61. The van der Waals surface area contributed by atoms with E-state index in [4.69, 9.17) is 16.0 Å². The smallest absolute Gasteiger partial charge is 0.232 e. The Morgan fingerprint density at radius 1 is 1.16 bits per heavy atom. The Morgan fingerprint density at radius 2 is 1.79 bits per heavy atom. The van der Waals surface area contributed by atoms with E-state index in [0.717, 1.165) is 0 Å². The minimum absolute atomic E-state index is 0.159. The molecule has 0 bridgehead atoms. The highest BCUT2D eigenvalue weighted by Crippen LogP contribution is 2.23. The van der Waals surface area contributed by atoms with Gasteiger partial charge in [0.25, 0.3) is 0 Å². The average Bonchev–Trinajstić information content (AvgIpc) is 2.73. The van der Waals surface area contributed by atoms with Gasteiger partial charge < -0.3 is 16.0 Å². The first-order valence-electron chi connectivity index (χ1n) is 5.70. The van der Waals surface area contributed by atoms with Crippen LogP contribution in [0.15, 0.2) is 15.7 Å². The molecule has 0 radical (unpaired) electrons. The molecular formula is C11H16N6OS. The maximum Gasteiger partial charge on any atom is 0.232 e. The van der Waals surface area contributed by atoms with E-state index < -0.39 is 0 Å². The Balaban J connectivity index is 2.04. The highest BCUT2D eigenvalue weighted by Gasteiger charge is 2.21. The topological polar surface area (TPSA) is 117 Å². The van der Waals surface area contributed by atoms with Crippen LogP contribution in [0.4, 0.5) is 11.6 Å². The lowest BCUT2D eigenvalue weighted by atomic mass is 9.97. The Labute approximate surface area is 115 Å². The fourth-order valence-electron chi connectivity index (χ4n) is 1.27. The minimum Gasteiger partial charge on any atom is -0.383 e. The molecule has 0 atom stereocenters. The molecule has 8 heteroatoms. The number of hydrogen-bond donors (Lipinski definition) is 2. The van der Waals surface area contributed by atoms with Crippen LogP contribution in [0.25, 0.3) is 0 Å². The van der Waals surface area contributed by atoms with Crippen molar-refractivity contribution >= 4 is 23.4 Å². The minimum atomic E-state index is -0.159. The van der Waals surface area contributed by atoms with Gasteiger partial charge in [0.15, 0.2) is 11.0 Å². The molecule has 0 spiro atoms. The number of nitrogen functional groups attached to an aromatic ring is 2. The lowest BCUT2D eigenvalue weighted by molar-refractivity contribution is 0.319. The van der Waals surface area contributed by atoms with Crippen molar-refractivity contribution in [3.63, 3.8) is 0 Å². The zero-order chi connectivity index (χ0) is 14.0. The van der Waals surface area contributed by atoms with Crippen molar-refractivity contribution in [2.24, 2.45) is 0 Å². The molecule has 0 saturated heterocycles. The van der Waals surface area contributed by atoms with Gasteiger partial charge in [-0.3, -0.25) is 0 Å². The summed E-state index contributed by atoms with van der Waals surface area (Å²) in [7, 11) is 0. The second-order valence-electron chi connectivity index (χ2n) is 5.05. The Bertz CT molecular complexity index is 557. The first kappa shape index (κ1) is 13.6. The van der Waals surface area contributed by atoms with Gasteiger partial charge in [0.2, 0.25) is 5.89 Å². The second kappa shape index (κ2) is 5.04. The number of aromatic nitrogens is 4. The molecule has 0 aliphatic carbocycles. The van der Waals surface area contributed by atoms with Gasteiger partial charge in [0, 0.05) is 11.5 Å². The summed E-state index contributed by atoms with van der Waals surface area (Å²) in [5.74, 6) is 2.40. The molecule has 2 heterocycles. The highest BCUT2D eigenvalue weighted by molar-refractivity contribution is 7.98. The van der Waals surface area contributed by atoms with Crippen LogP contribution < -0.4 is 11.5 Å². The normalized spacial score (nSPS) is 11.7. The molecule has 0 aliphatic heterocycles. The summed E-state index contributed by atoms with van der Waals surface area (Å²) in [6.07, 6.45) is 0. The quantitative estimate of drug-likeness (QED) is 0.643.